The van der Waals surface area contributed by atoms with E-state index >= 15 is 0 Å². The van der Waals surface area contributed by atoms with Crippen LogP contribution in [0.4, 0.5) is 0 Å². The summed E-state index contributed by atoms with van der Waals surface area (Å²) < 4.78 is 28.9. The number of sulfone groups is 1. The van der Waals surface area contributed by atoms with Crippen LogP contribution in [0.25, 0.3) is 11.1 Å². The summed E-state index contributed by atoms with van der Waals surface area (Å²) in [6.07, 6.45) is 9.62. The zero-order chi connectivity index (χ0) is 28.5. The van der Waals surface area contributed by atoms with Gasteiger partial charge >= 0.3 is 0 Å². The lowest BCUT2D eigenvalue weighted by atomic mass is 9.81. The van der Waals surface area contributed by atoms with E-state index < -0.39 is 31.7 Å². The van der Waals surface area contributed by atoms with E-state index in [1.165, 1.54) is 12.1 Å². The third-order valence-electron chi connectivity index (χ3n) is 7.32. The highest BCUT2D eigenvalue weighted by molar-refractivity contribution is 7.91. The number of aryl methyl sites for hydroxylation is 2. The lowest BCUT2D eigenvalue weighted by molar-refractivity contribution is -0.112. The number of hydrogen-bond donors (Lipinski definition) is 1. The molecule has 0 amide bonds. The molecule has 9 heteroatoms. The second kappa shape index (κ2) is 10.7. The summed E-state index contributed by atoms with van der Waals surface area (Å²) in [5, 5.41) is 10.9. The number of hydrogen-bond acceptors (Lipinski definition) is 7. The number of carbonyl (C=O) groups excluding carboxylic acids is 1. The molecule has 0 fully saturated rings. The van der Waals surface area contributed by atoms with Crippen molar-refractivity contribution >= 4 is 16.1 Å². The maximum atomic E-state index is 14.2. The minimum atomic E-state index is -4.52. The Morgan fingerprint density at radius 3 is 2.55 bits per heavy atom. The number of fused-ring (bicyclic) bond motifs is 1. The van der Waals surface area contributed by atoms with E-state index in [0.717, 1.165) is 33.2 Å². The third kappa shape index (κ3) is 4.46. The Morgan fingerprint density at radius 1 is 1.10 bits per heavy atom. The van der Waals surface area contributed by atoms with Gasteiger partial charge in [-0.3, -0.25) is 19.1 Å². The summed E-state index contributed by atoms with van der Waals surface area (Å²) in [7, 11) is -4.52. The van der Waals surface area contributed by atoms with Crippen LogP contribution in [-0.4, -0.2) is 34.3 Å². The Morgan fingerprint density at radius 2 is 1.85 bits per heavy atom. The molecule has 0 saturated heterocycles. The van der Waals surface area contributed by atoms with E-state index in [0.29, 0.717) is 24.7 Å². The second-order valence-corrected chi connectivity index (χ2v) is 11.7. The number of aromatic nitrogens is 3. The average Bonchev–Trinajstić information content (AvgIpc) is 2.96. The van der Waals surface area contributed by atoms with Gasteiger partial charge in [-0.15, -0.1) is 0 Å². The summed E-state index contributed by atoms with van der Waals surface area (Å²) in [6.45, 7) is 3.86. The highest BCUT2D eigenvalue weighted by Gasteiger charge is 2.41. The molecule has 2 aromatic heterocycles. The SMILES string of the molecule is CCCCc1nc(O)c(S(=O)(=O)c2ccc(-c3ccncc3C)cc2)c(=O)n1[C@@]1(C=O)C=CCc2ccccc21. The monoisotopic (exact) mass is 555 g/mol. The van der Waals surface area contributed by atoms with Crippen LogP contribution in [0, 0.1) is 6.92 Å². The van der Waals surface area contributed by atoms with Gasteiger partial charge < -0.3 is 5.11 Å². The fraction of sp³-hybridized carbons (Fsp3) is 0.226. The maximum Gasteiger partial charge on any atom is 0.278 e. The minimum Gasteiger partial charge on any atom is -0.492 e. The van der Waals surface area contributed by atoms with E-state index in [1.807, 2.05) is 32.0 Å². The number of allylic oxidation sites excluding steroid dienone is 2. The van der Waals surface area contributed by atoms with Crippen LogP contribution in [0.1, 0.15) is 42.3 Å². The molecule has 2 heterocycles. The number of aromatic hydroxyl groups is 1. The number of rotatable bonds is 8. The van der Waals surface area contributed by atoms with Gasteiger partial charge in [0, 0.05) is 18.8 Å². The van der Waals surface area contributed by atoms with Gasteiger partial charge in [0.25, 0.3) is 5.56 Å². The van der Waals surface area contributed by atoms with Crippen LogP contribution < -0.4 is 5.56 Å². The van der Waals surface area contributed by atoms with Crippen molar-refractivity contribution in [2.24, 2.45) is 0 Å². The molecule has 5 rings (SSSR count). The first-order chi connectivity index (χ1) is 19.2. The molecule has 1 atom stereocenters. The molecule has 0 spiro atoms. The normalized spacial score (nSPS) is 16.4. The van der Waals surface area contributed by atoms with Gasteiger partial charge in [0.05, 0.1) is 4.90 Å². The van der Waals surface area contributed by atoms with Gasteiger partial charge in [-0.2, -0.15) is 4.98 Å². The van der Waals surface area contributed by atoms with Crippen LogP contribution in [0.5, 0.6) is 5.88 Å². The highest BCUT2D eigenvalue weighted by Crippen LogP contribution is 2.35. The van der Waals surface area contributed by atoms with Gasteiger partial charge in [0.15, 0.2) is 11.2 Å². The lowest BCUT2D eigenvalue weighted by Gasteiger charge is -2.34. The Balaban J connectivity index is 1.72. The fourth-order valence-corrected chi connectivity index (χ4v) is 6.62. The number of pyridine rings is 1. The fourth-order valence-electron chi connectivity index (χ4n) is 5.28. The predicted octanol–water partition coefficient (Wildman–Crippen LogP) is 4.55. The number of nitrogens with zero attached hydrogens (tertiary/aromatic N) is 3. The molecule has 0 unspecified atom stereocenters. The molecular weight excluding hydrogens is 526 g/mol. The van der Waals surface area contributed by atoms with E-state index in [4.69, 9.17) is 0 Å². The quantitative estimate of drug-likeness (QED) is 0.250. The molecule has 0 bridgehead atoms. The Kier molecular flexibility index (Phi) is 7.25. The molecule has 0 saturated carbocycles. The van der Waals surface area contributed by atoms with E-state index in [9.17, 15) is 23.1 Å². The molecular formula is C31H29N3O5S. The summed E-state index contributed by atoms with van der Waals surface area (Å²) >= 11 is 0. The first-order valence-electron chi connectivity index (χ1n) is 13.1. The van der Waals surface area contributed by atoms with Crippen LogP contribution >= 0.6 is 0 Å². The number of carbonyl (C=O) groups is 1. The number of unbranched alkanes of at least 4 members (excludes halogenated alkanes) is 1. The standard InChI is InChI=1S/C31H29N3O5S/c1-3-4-11-27-33-29(36)28(30(37)34(27)31(20-35)17-7-9-23-8-5-6-10-26(23)31)40(38,39)24-14-12-22(13-15-24)25-16-18-32-19-21(25)2/h5-8,10,12-20,36H,3-4,9,11H2,1-2H3/t31-/m1/s1. The number of aldehydes is 1. The Bertz CT molecular complexity index is 1790. The summed E-state index contributed by atoms with van der Waals surface area (Å²) in [5.41, 5.74) is 1.39. The van der Waals surface area contributed by atoms with Crippen molar-refractivity contribution in [2.45, 2.75) is 54.9 Å². The van der Waals surface area contributed by atoms with Crippen LogP contribution in [0.2, 0.25) is 0 Å². The van der Waals surface area contributed by atoms with E-state index in [2.05, 4.69) is 9.97 Å². The zero-order valence-electron chi connectivity index (χ0n) is 22.2. The van der Waals surface area contributed by atoms with Crippen molar-refractivity contribution in [3.05, 3.63) is 112 Å². The van der Waals surface area contributed by atoms with Gasteiger partial charge in [-0.05, 0) is 65.8 Å². The Hall–Kier alpha value is -4.37. The molecule has 1 aliphatic rings. The van der Waals surface area contributed by atoms with Crippen molar-refractivity contribution in [1.29, 1.82) is 0 Å². The largest absolute Gasteiger partial charge is 0.492 e. The molecule has 0 radical (unpaired) electrons. The summed E-state index contributed by atoms with van der Waals surface area (Å²) in [4.78, 5) is 34.3. The van der Waals surface area contributed by atoms with Gasteiger partial charge in [0.2, 0.25) is 15.7 Å². The molecule has 2 aromatic carbocycles. The maximum absolute atomic E-state index is 14.2. The van der Waals surface area contributed by atoms with Gasteiger partial charge in [-0.1, -0.05) is 61.9 Å². The van der Waals surface area contributed by atoms with E-state index in [-0.39, 0.29) is 17.1 Å². The lowest BCUT2D eigenvalue weighted by Crippen LogP contribution is -2.47. The summed E-state index contributed by atoms with van der Waals surface area (Å²) in [6, 6.07) is 15.1. The minimum absolute atomic E-state index is 0.139. The molecule has 1 aliphatic carbocycles. The Labute approximate surface area is 232 Å². The first-order valence-corrected chi connectivity index (χ1v) is 14.6. The smallest absolute Gasteiger partial charge is 0.278 e. The summed E-state index contributed by atoms with van der Waals surface area (Å²) in [5.74, 6) is -0.740. The van der Waals surface area contributed by atoms with Gasteiger partial charge in [0.1, 0.15) is 11.4 Å². The average molecular weight is 556 g/mol. The van der Waals surface area contributed by atoms with Crippen LogP contribution in [-0.2, 0) is 33.0 Å². The highest BCUT2D eigenvalue weighted by atomic mass is 32.2. The molecule has 1 N–H and O–H groups in total. The van der Waals surface area contributed by atoms with Crippen molar-refractivity contribution in [3.63, 3.8) is 0 Å². The molecule has 204 valence electrons. The first kappa shape index (κ1) is 27.2. The predicted molar refractivity (Wildman–Crippen MR) is 151 cm³/mol. The molecule has 40 heavy (non-hydrogen) atoms. The number of benzene rings is 2. The molecule has 4 aromatic rings. The topological polar surface area (TPSA) is 119 Å². The zero-order valence-corrected chi connectivity index (χ0v) is 23.1. The molecule has 8 nitrogen and oxygen atoms in total. The van der Waals surface area contributed by atoms with Crippen molar-refractivity contribution in [3.8, 4) is 17.0 Å². The third-order valence-corrected chi connectivity index (χ3v) is 9.11. The van der Waals surface area contributed by atoms with E-state index in [1.54, 1.807) is 48.8 Å². The second-order valence-electron chi connectivity index (χ2n) is 9.85. The van der Waals surface area contributed by atoms with Crippen molar-refractivity contribution in [2.75, 3.05) is 0 Å². The molecule has 0 aliphatic heterocycles. The van der Waals surface area contributed by atoms with Gasteiger partial charge in [-0.25, -0.2) is 8.42 Å². The van der Waals surface area contributed by atoms with Crippen molar-refractivity contribution in [1.82, 2.24) is 14.5 Å². The van der Waals surface area contributed by atoms with Crippen LogP contribution in [0.3, 0.4) is 0 Å². The van der Waals surface area contributed by atoms with Crippen LogP contribution in [0.15, 0.2) is 93.7 Å². The van der Waals surface area contributed by atoms with Crippen molar-refractivity contribution < 1.29 is 18.3 Å².